The highest BCUT2D eigenvalue weighted by Gasteiger charge is 2.19. The van der Waals surface area contributed by atoms with Crippen LogP contribution in [0.2, 0.25) is 0 Å². The molecule has 4 nitrogen and oxygen atoms in total. The predicted octanol–water partition coefficient (Wildman–Crippen LogP) is 4.14. The Bertz CT molecular complexity index is 579. The van der Waals surface area contributed by atoms with Crippen molar-refractivity contribution in [1.29, 1.82) is 0 Å². The van der Waals surface area contributed by atoms with Gasteiger partial charge in [0.15, 0.2) is 0 Å². The van der Waals surface area contributed by atoms with Gasteiger partial charge in [0.1, 0.15) is 16.7 Å². The Kier molecular flexibility index (Phi) is 5.17. The largest absolute Gasteiger partial charge is 0.370 e. The number of hydrogen-bond acceptors (Lipinski definition) is 5. The third-order valence-corrected chi connectivity index (χ3v) is 3.73. The zero-order chi connectivity index (χ0) is 15.3. The molecule has 0 aromatic carbocycles. The molecule has 2 aromatic heterocycles. The molecule has 0 unspecified atom stereocenters. The Hall–Kier alpha value is -1.62. The topological polar surface area (TPSA) is 50.7 Å². The molecule has 0 aliphatic rings. The van der Waals surface area contributed by atoms with Gasteiger partial charge in [-0.25, -0.2) is 9.97 Å². The van der Waals surface area contributed by atoms with Gasteiger partial charge in [-0.1, -0.05) is 39.5 Å². The summed E-state index contributed by atoms with van der Waals surface area (Å²) in [5, 5.41) is 4.31. The average molecular weight is 302 g/mol. The first-order chi connectivity index (χ1) is 9.99. The molecule has 0 saturated carbocycles. The van der Waals surface area contributed by atoms with E-state index >= 15 is 0 Å². The molecule has 1 N–H and O–H groups in total. The second-order valence-electron chi connectivity index (χ2n) is 5.88. The Labute approximate surface area is 130 Å². The Morgan fingerprint density at radius 2 is 1.86 bits per heavy atom. The second-order valence-corrected chi connectivity index (χ2v) is 6.97. The Balaban J connectivity index is 2.30. The summed E-state index contributed by atoms with van der Waals surface area (Å²) in [6.45, 7) is 9.46. The van der Waals surface area contributed by atoms with Crippen molar-refractivity contribution in [3.8, 4) is 0 Å². The molecule has 5 heteroatoms. The number of rotatable bonds is 5. The van der Waals surface area contributed by atoms with Gasteiger partial charge in [0.25, 0.3) is 0 Å². The van der Waals surface area contributed by atoms with Crippen LogP contribution in [-0.2, 0) is 5.41 Å². The minimum atomic E-state index is -0.0720. The van der Waals surface area contributed by atoms with Crippen LogP contribution in [0.4, 0.5) is 5.82 Å². The third-order valence-electron chi connectivity index (χ3n) is 2.80. The number of nitrogens with one attached hydrogen (secondary N) is 1. The molecule has 2 rings (SSSR count). The number of nitrogens with zero attached hydrogens (tertiary/aromatic N) is 3. The fourth-order valence-electron chi connectivity index (χ4n) is 1.68. The van der Waals surface area contributed by atoms with Crippen LogP contribution in [0.25, 0.3) is 0 Å². The molecule has 0 saturated heterocycles. The van der Waals surface area contributed by atoms with Crippen molar-refractivity contribution in [3.63, 3.8) is 0 Å². The van der Waals surface area contributed by atoms with Crippen LogP contribution in [0.5, 0.6) is 0 Å². The quantitative estimate of drug-likeness (QED) is 0.841. The number of aromatic nitrogens is 3. The third kappa shape index (κ3) is 4.70. The molecule has 0 fully saturated rings. The second kappa shape index (κ2) is 6.89. The summed E-state index contributed by atoms with van der Waals surface area (Å²) in [6.07, 6.45) is 4.66. The van der Waals surface area contributed by atoms with Gasteiger partial charge in [-0.15, -0.1) is 0 Å². The predicted molar refractivity (Wildman–Crippen MR) is 87.9 cm³/mol. The molecule has 0 atom stereocenters. The fraction of sp³-hybridized carbons (Fsp3) is 0.438. The number of pyridine rings is 1. The molecule has 0 aliphatic heterocycles. The molecule has 0 aliphatic carbocycles. The maximum Gasteiger partial charge on any atom is 0.137 e. The number of anilines is 1. The summed E-state index contributed by atoms with van der Waals surface area (Å²) in [4.78, 5) is 14.5. The zero-order valence-electron chi connectivity index (χ0n) is 13.1. The molecule has 21 heavy (non-hydrogen) atoms. The smallest absolute Gasteiger partial charge is 0.137 e. The highest BCUT2D eigenvalue weighted by atomic mass is 32.2. The van der Waals surface area contributed by atoms with E-state index in [1.807, 2.05) is 18.2 Å². The highest BCUT2D eigenvalue weighted by molar-refractivity contribution is 7.99. The molecule has 2 heterocycles. The van der Waals surface area contributed by atoms with Crippen LogP contribution >= 0.6 is 11.8 Å². The summed E-state index contributed by atoms with van der Waals surface area (Å²) >= 11 is 1.63. The van der Waals surface area contributed by atoms with Crippen LogP contribution in [0.1, 0.15) is 39.9 Å². The first-order valence-corrected chi connectivity index (χ1v) is 8.02. The SMILES string of the molecule is CCCNc1cc(Sc2ccncc2)nc(C(C)(C)C)n1. The summed E-state index contributed by atoms with van der Waals surface area (Å²) in [6, 6.07) is 5.99. The van der Waals surface area contributed by atoms with Gasteiger partial charge >= 0.3 is 0 Å². The van der Waals surface area contributed by atoms with E-state index in [0.717, 1.165) is 34.5 Å². The summed E-state index contributed by atoms with van der Waals surface area (Å²) in [7, 11) is 0. The zero-order valence-corrected chi connectivity index (χ0v) is 13.9. The molecule has 2 aromatic rings. The van der Waals surface area contributed by atoms with Crippen LogP contribution in [0, 0.1) is 0 Å². The van der Waals surface area contributed by atoms with Gasteiger partial charge in [-0.2, -0.15) is 0 Å². The maximum atomic E-state index is 4.70. The van der Waals surface area contributed by atoms with E-state index in [-0.39, 0.29) is 5.41 Å². The van der Waals surface area contributed by atoms with E-state index in [0.29, 0.717) is 0 Å². The first kappa shape index (κ1) is 15.8. The van der Waals surface area contributed by atoms with Gasteiger partial charge in [-0.3, -0.25) is 4.98 Å². The van der Waals surface area contributed by atoms with Crippen molar-refractivity contribution in [2.24, 2.45) is 0 Å². The fourth-order valence-corrected chi connectivity index (χ4v) is 2.49. The lowest BCUT2D eigenvalue weighted by atomic mass is 9.96. The lowest BCUT2D eigenvalue weighted by molar-refractivity contribution is 0.539. The van der Waals surface area contributed by atoms with Crippen molar-refractivity contribution >= 4 is 17.6 Å². The average Bonchev–Trinajstić information content (AvgIpc) is 2.45. The minimum Gasteiger partial charge on any atom is -0.370 e. The van der Waals surface area contributed by atoms with Crippen LogP contribution in [0.15, 0.2) is 40.5 Å². The van der Waals surface area contributed by atoms with Crippen molar-refractivity contribution in [1.82, 2.24) is 15.0 Å². The summed E-state index contributed by atoms with van der Waals surface area (Å²) in [5.74, 6) is 1.76. The van der Waals surface area contributed by atoms with E-state index in [1.54, 1.807) is 24.2 Å². The van der Waals surface area contributed by atoms with Crippen molar-refractivity contribution in [2.45, 2.75) is 49.5 Å². The Morgan fingerprint density at radius 3 is 2.48 bits per heavy atom. The van der Waals surface area contributed by atoms with Gasteiger partial charge in [0.05, 0.1) is 0 Å². The molecule has 0 spiro atoms. The normalized spacial score (nSPS) is 11.4. The molecule has 0 amide bonds. The van der Waals surface area contributed by atoms with Crippen molar-refractivity contribution in [2.75, 3.05) is 11.9 Å². The van der Waals surface area contributed by atoms with Gasteiger partial charge in [0, 0.05) is 35.3 Å². The lowest BCUT2D eigenvalue weighted by Crippen LogP contribution is -2.17. The highest BCUT2D eigenvalue weighted by Crippen LogP contribution is 2.29. The van der Waals surface area contributed by atoms with Crippen molar-refractivity contribution in [3.05, 3.63) is 36.4 Å². The van der Waals surface area contributed by atoms with E-state index in [1.165, 1.54) is 0 Å². The first-order valence-electron chi connectivity index (χ1n) is 7.20. The van der Waals surface area contributed by atoms with E-state index in [4.69, 9.17) is 4.98 Å². The van der Waals surface area contributed by atoms with Gasteiger partial charge < -0.3 is 5.32 Å². The van der Waals surface area contributed by atoms with Crippen molar-refractivity contribution < 1.29 is 0 Å². The van der Waals surface area contributed by atoms with E-state index < -0.39 is 0 Å². The lowest BCUT2D eigenvalue weighted by Gasteiger charge is -2.18. The van der Waals surface area contributed by atoms with Crippen LogP contribution in [-0.4, -0.2) is 21.5 Å². The monoisotopic (exact) mass is 302 g/mol. The molecular weight excluding hydrogens is 280 g/mol. The summed E-state index contributed by atoms with van der Waals surface area (Å²) in [5.41, 5.74) is -0.0720. The van der Waals surface area contributed by atoms with E-state index in [9.17, 15) is 0 Å². The molecular formula is C16H22N4S. The summed E-state index contributed by atoms with van der Waals surface area (Å²) < 4.78 is 0. The molecule has 112 valence electrons. The van der Waals surface area contributed by atoms with Crippen LogP contribution < -0.4 is 5.32 Å². The van der Waals surface area contributed by atoms with E-state index in [2.05, 4.69) is 43.0 Å². The number of hydrogen-bond donors (Lipinski definition) is 1. The van der Waals surface area contributed by atoms with Crippen LogP contribution in [0.3, 0.4) is 0 Å². The van der Waals surface area contributed by atoms with Gasteiger partial charge in [-0.05, 0) is 18.6 Å². The maximum absolute atomic E-state index is 4.70. The Morgan fingerprint density at radius 1 is 1.14 bits per heavy atom. The molecule has 0 bridgehead atoms. The van der Waals surface area contributed by atoms with Gasteiger partial charge in [0.2, 0.25) is 0 Å². The standard InChI is InChI=1S/C16H22N4S/c1-5-8-18-13-11-14(20-15(19-13)16(2,3)4)21-12-6-9-17-10-7-12/h6-7,9-11H,5,8H2,1-4H3,(H,18,19,20). The minimum absolute atomic E-state index is 0.0720. The molecule has 0 radical (unpaired) electrons.